The number of unbranched alkanes of at least 4 members (excludes halogenated alkanes) is 14. The Kier molecular flexibility index (Phi) is 25.2. The van der Waals surface area contributed by atoms with Crippen LogP contribution >= 0.6 is 0 Å². The van der Waals surface area contributed by atoms with Crippen LogP contribution in [0, 0.1) is 0 Å². The molecular weight excluding hydrogens is 387 g/mol. The van der Waals surface area contributed by atoms with Gasteiger partial charge in [-0.1, -0.05) is 103 Å². The Hall–Kier alpha value is 1.51. The van der Waals surface area contributed by atoms with Gasteiger partial charge in [-0.2, -0.15) is 0 Å². The SMILES string of the molecule is CCCC(O)CCCCCCCCCCCCCCCCCS(=O)(=O)[O-].[K+]. The molecule has 1 N–H and O–H groups in total. The normalized spacial score (nSPS) is 12.7. The van der Waals surface area contributed by atoms with Gasteiger partial charge in [0.05, 0.1) is 16.2 Å². The van der Waals surface area contributed by atoms with Crippen molar-refractivity contribution in [2.45, 2.75) is 129 Å². The van der Waals surface area contributed by atoms with Crippen molar-refractivity contribution in [2.75, 3.05) is 5.75 Å². The molecule has 0 aliphatic carbocycles. The number of rotatable bonds is 20. The maximum absolute atomic E-state index is 10.5. The van der Waals surface area contributed by atoms with E-state index in [1.54, 1.807) is 0 Å². The Labute approximate surface area is 211 Å². The first-order valence-electron chi connectivity index (χ1n) is 11.1. The van der Waals surface area contributed by atoms with Crippen LogP contribution in [0.5, 0.6) is 0 Å². The van der Waals surface area contributed by atoms with E-state index < -0.39 is 10.1 Å². The van der Waals surface area contributed by atoms with Crippen LogP contribution in [0.15, 0.2) is 0 Å². The quantitative estimate of drug-likeness (QED) is 0.183. The van der Waals surface area contributed by atoms with Crippen molar-refractivity contribution < 1.29 is 69.5 Å². The Morgan fingerprint density at radius 2 is 1.00 bits per heavy atom. The van der Waals surface area contributed by atoms with Gasteiger partial charge in [0.2, 0.25) is 0 Å². The fourth-order valence-electron chi connectivity index (χ4n) is 3.43. The molecule has 0 saturated carbocycles. The molecule has 27 heavy (non-hydrogen) atoms. The Morgan fingerprint density at radius 1 is 0.667 bits per heavy atom. The van der Waals surface area contributed by atoms with Crippen LogP contribution in [-0.4, -0.2) is 29.9 Å². The molecule has 0 heterocycles. The molecule has 1 atom stereocenters. The smallest absolute Gasteiger partial charge is 0.748 e. The summed E-state index contributed by atoms with van der Waals surface area (Å²) in [6.45, 7) is 2.12. The van der Waals surface area contributed by atoms with Crippen molar-refractivity contribution in [3.05, 3.63) is 0 Å². The Bertz CT molecular complexity index is 388. The van der Waals surface area contributed by atoms with Crippen LogP contribution < -0.4 is 51.4 Å². The molecule has 0 aromatic rings. The predicted octanol–water partition coefficient (Wildman–Crippen LogP) is 2.94. The van der Waals surface area contributed by atoms with E-state index in [1.165, 1.54) is 70.6 Å². The average Bonchev–Trinajstić information content (AvgIpc) is 2.57. The van der Waals surface area contributed by atoms with Crippen molar-refractivity contribution in [3.63, 3.8) is 0 Å². The van der Waals surface area contributed by atoms with E-state index >= 15 is 0 Å². The van der Waals surface area contributed by atoms with E-state index in [1.807, 2.05) is 0 Å². The second kappa shape index (κ2) is 22.2. The van der Waals surface area contributed by atoms with E-state index in [9.17, 15) is 18.1 Å². The number of aliphatic hydroxyl groups excluding tert-OH is 1. The average molecular weight is 431 g/mol. The fourth-order valence-corrected chi connectivity index (χ4v) is 3.99. The van der Waals surface area contributed by atoms with Gasteiger partial charge in [-0.15, -0.1) is 0 Å². The van der Waals surface area contributed by atoms with E-state index in [0.717, 1.165) is 38.5 Å². The van der Waals surface area contributed by atoms with Crippen molar-refractivity contribution in [2.24, 2.45) is 0 Å². The minimum absolute atomic E-state index is 0. The minimum Gasteiger partial charge on any atom is -0.748 e. The van der Waals surface area contributed by atoms with Gasteiger partial charge >= 0.3 is 51.4 Å². The number of hydrogen-bond donors (Lipinski definition) is 1. The molecule has 0 aromatic carbocycles. The molecule has 0 fully saturated rings. The molecule has 0 spiro atoms. The zero-order valence-corrected chi connectivity index (χ0v) is 22.0. The molecule has 0 bridgehead atoms. The van der Waals surface area contributed by atoms with Gasteiger partial charge in [-0.05, 0) is 19.3 Å². The fraction of sp³-hybridized carbons (Fsp3) is 1.00. The van der Waals surface area contributed by atoms with Crippen LogP contribution in [0.25, 0.3) is 0 Å². The monoisotopic (exact) mass is 430 g/mol. The van der Waals surface area contributed by atoms with Crippen LogP contribution in [0.3, 0.4) is 0 Å². The second-order valence-electron chi connectivity index (χ2n) is 7.80. The van der Waals surface area contributed by atoms with Crippen LogP contribution in [0.2, 0.25) is 0 Å². The van der Waals surface area contributed by atoms with Gasteiger partial charge in [0.1, 0.15) is 0 Å². The summed E-state index contributed by atoms with van der Waals surface area (Å²) in [5.74, 6) is -0.201. The van der Waals surface area contributed by atoms with Gasteiger partial charge in [-0.3, -0.25) is 0 Å². The summed E-state index contributed by atoms with van der Waals surface area (Å²) >= 11 is 0. The topological polar surface area (TPSA) is 77.4 Å². The summed E-state index contributed by atoms with van der Waals surface area (Å²) in [6, 6.07) is 0. The van der Waals surface area contributed by atoms with Crippen molar-refractivity contribution in [1.82, 2.24) is 0 Å². The molecule has 0 aliphatic rings. The van der Waals surface area contributed by atoms with Gasteiger partial charge in [-0.25, -0.2) is 8.42 Å². The van der Waals surface area contributed by atoms with E-state index in [-0.39, 0.29) is 63.2 Å². The third kappa shape index (κ3) is 27.5. The molecule has 158 valence electrons. The molecule has 1 unspecified atom stereocenters. The summed E-state index contributed by atoms with van der Waals surface area (Å²) in [7, 11) is -4.01. The van der Waals surface area contributed by atoms with Gasteiger partial charge in [0.25, 0.3) is 0 Å². The van der Waals surface area contributed by atoms with E-state index in [4.69, 9.17) is 0 Å². The standard InChI is InChI=1S/C21H44O4S.K/c1-2-18-21(22)19-16-14-12-10-8-6-4-3-5-7-9-11-13-15-17-20-26(23,24)25;/h21-22H,2-20H2,1H3,(H,23,24,25);/q;+1/p-1. The molecule has 0 saturated heterocycles. The first kappa shape index (κ1) is 30.7. The van der Waals surface area contributed by atoms with Crippen LogP contribution in [0.4, 0.5) is 0 Å². The molecule has 0 aromatic heterocycles. The van der Waals surface area contributed by atoms with E-state index in [2.05, 4.69) is 6.92 Å². The largest absolute Gasteiger partial charge is 1.00 e. The summed E-state index contributed by atoms with van der Waals surface area (Å²) < 4.78 is 31.4. The zero-order valence-electron chi connectivity index (χ0n) is 18.1. The first-order chi connectivity index (χ1) is 12.5. The molecule has 4 nitrogen and oxygen atoms in total. The molecule has 0 radical (unpaired) electrons. The summed E-state index contributed by atoms with van der Waals surface area (Å²) in [5, 5.41) is 9.66. The Balaban J connectivity index is 0. The molecule has 0 aliphatic heterocycles. The van der Waals surface area contributed by atoms with Gasteiger partial charge in [0, 0.05) is 5.75 Å². The molecule has 0 amide bonds. The summed E-state index contributed by atoms with van der Waals surface area (Å²) in [4.78, 5) is 0. The van der Waals surface area contributed by atoms with E-state index in [0.29, 0.717) is 6.42 Å². The Morgan fingerprint density at radius 3 is 1.33 bits per heavy atom. The van der Waals surface area contributed by atoms with Crippen LogP contribution in [-0.2, 0) is 10.1 Å². The number of hydrogen-bond acceptors (Lipinski definition) is 4. The summed E-state index contributed by atoms with van der Waals surface area (Å²) in [5.41, 5.74) is 0. The second-order valence-corrected chi connectivity index (χ2v) is 9.32. The number of aliphatic hydroxyl groups is 1. The zero-order chi connectivity index (χ0) is 19.5. The third-order valence-corrected chi connectivity index (χ3v) is 5.84. The predicted molar refractivity (Wildman–Crippen MR) is 109 cm³/mol. The van der Waals surface area contributed by atoms with Crippen molar-refractivity contribution in [3.8, 4) is 0 Å². The van der Waals surface area contributed by atoms with Gasteiger partial charge in [0.15, 0.2) is 0 Å². The van der Waals surface area contributed by atoms with Crippen LogP contribution in [0.1, 0.15) is 122 Å². The maximum Gasteiger partial charge on any atom is 1.00 e. The minimum atomic E-state index is -4.01. The van der Waals surface area contributed by atoms with Crippen molar-refractivity contribution >= 4 is 10.1 Å². The molecular formula is C21H43KO4S. The van der Waals surface area contributed by atoms with Gasteiger partial charge < -0.3 is 9.66 Å². The molecule has 0 rings (SSSR count). The maximum atomic E-state index is 10.5. The summed E-state index contributed by atoms with van der Waals surface area (Å²) in [6.07, 6.45) is 20.8. The molecule has 6 heteroatoms. The first-order valence-corrected chi connectivity index (χ1v) is 12.6. The van der Waals surface area contributed by atoms with Crippen molar-refractivity contribution in [1.29, 1.82) is 0 Å². The third-order valence-electron chi connectivity index (χ3n) is 5.05.